The van der Waals surface area contributed by atoms with Gasteiger partial charge in [-0.25, -0.2) is 13.8 Å². The molecular weight excluding hydrogens is 344 g/mol. The third-order valence-corrected chi connectivity index (χ3v) is 5.65. The second-order valence-corrected chi connectivity index (χ2v) is 7.14. The highest BCUT2D eigenvalue weighted by molar-refractivity contribution is 5.96. The van der Waals surface area contributed by atoms with Crippen molar-refractivity contribution in [3.63, 3.8) is 0 Å². The van der Waals surface area contributed by atoms with Gasteiger partial charge in [0.15, 0.2) is 18.7 Å². The van der Waals surface area contributed by atoms with Gasteiger partial charge in [0.1, 0.15) is 0 Å². The molecule has 2 aromatic carbocycles. The summed E-state index contributed by atoms with van der Waals surface area (Å²) in [5.41, 5.74) is 6.29. The highest BCUT2D eigenvalue weighted by atomic mass is 19.2. The predicted molar refractivity (Wildman–Crippen MR) is 99.2 cm³/mol. The summed E-state index contributed by atoms with van der Waals surface area (Å²) in [7, 11) is 3.98. The summed E-state index contributed by atoms with van der Waals surface area (Å²) in [4.78, 5) is 4.66. The van der Waals surface area contributed by atoms with Gasteiger partial charge in [-0.1, -0.05) is 30.3 Å². The molecule has 0 saturated carbocycles. The number of halogens is 2. The van der Waals surface area contributed by atoms with Gasteiger partial charge in [0, 0.05) is 17.7 Å². The van der Waals surface area contributed by atoms with Gasteiger partial charge in [-0.05, 0) is 40.8 Å². The van der Waals surface area contributed by atoms with E-state index in [1.54, 1.807) is 6.07 Å². The number of hydrogen-bond donors (Lipinski definition) is 0. The fraction of sp³-hybridized carbons (Fsp3) is 0.182. The van der Waals surface area contributed by atoms with Gasteiger partial charge in [0.2, 0.25) is 11.8 Å². The van der Waals surface area contributed by atoms with Crippen molar-refractivity contribution in [1.82, 2.24) is 9.67 Å². The molecule has 0 aliphatic heterocycles. The first-order valence-electron chi connectivity index (χ1n) is 8.92. The Balaban J connectivity index is 1.77. The lowest BCUT2D eigenvalue weighted by atomic mass is 9.75. The number of pyridine rings is 1. The van der Waals surface area contributed by atoms with Crippen molar-refractivity contribution in [1.29, 1.82) is 0 Å². The van der Waals surface area contributed by atoms with E-state index < -0.39 is 11.6 Å². The van der Waals surface area contributed by atoms with Gasteiger partial charge in [-0.15, -0.1) is 9.36 Å². The largest absolute Gasteiger partial charge is 0.233 e. The molecule has 27 heavy (non-hydrogen) atoms. The summed E-state index contributed by atoms with van der Waals surface area (Å²) in [6.45, 7) is 0. The Labute approximate surface area is 155 Å². The highest BCUT2D eigenvalue weighted by Crippen LogP contribution is 2.44. The van der Waals surface area contributed by atoms with Crippen LogP contribution in [0.4, 0.5) is 8.78 Å². The van der Waals surface area contributed by atoms with Crippen LogP contribution in [0.5, 0.6) is 0 Å². The summed E-state index contributed by atoms with van der Waals surface area (Å²) >= 11 is 0. The first-order valence-corrected chi connectivity index (χ1v) is 8.92. The number of aryl methyl sites for hydroxylation is 2. The van der Waals surface area contributed by atoms with Gasteiger partial charge in [0.05, 0.1) is 12.4 Å². The lowest BCUT2D eigenvalue weighted by molar-refractivity contribution is -0.748. The third-order valence-electron chi connectivity index (χ3n) is 5.65. The molecule has 0 spiro atoms. The van der Waals surface area contributed by atoms with Crippen molar-refractivity contribution in [2.75, 3.05) is 0 Å². The van der Waals surface area contributed by atoms with Crippen molar-refractivity contribution in [2.24, 2.45) is 14.1 Å². The van der Waals surface area contributed by atoms with Gasteiger partial charge < -0.3 is 0 Å². The number of nitrogens with zero attached hydrogens (tertiary/aromatic N) is 3. The molecule has 1 aliphatic carbocycles. The van der Waals surface area contributed by atoms with E-state index in [1.165, 1.54) is 17.7 Å². The Bertz CT molecular complexity index is 1210. The van der Waals surface area contributed by atoms with Crippen LogP contribution in [-0.4, -0.2) is 9.67 Å². The average molecular weight is 362 g/mol. The molecule has 4 aromatic rings. The van der Waals surface area contributed by atoms with Crippen LogP contribution in [0.25, 0.3) is 22.2 Å². The summed E-state index contributed by atoms with van der Waals surface area (Å²) in [6, 6.07) is 12.4. The minimum Gasteiger partial charge on any atom is -0.233 e. The molecule has 0 N–H and O–H groups in total. The van der Waals surface area contributed by atoms with Gasteiger partial charge in [-0.2, -0.15) is 0 Å². The molecule has 0 radical (unpaired) electrons. The molecule has 5 heteroatoms. The molecule has 0 bridgehead atoms. The number of rotatable bonds is 1. The van der Waals surface area contributed by atoms with Crippen molar-refractivity contribution in [3.05, 3.63) is 83.2 Å². The standard InChI is InChI=1S/C22H18F2N3/c1-26-12-18-21-14(11-25-22(18)27(26)2)9-17(15-5-3-4-6-16(15)21)13-7-8-19(23)20(24)10-13/h3-8,10-12,17H,9H2,1-2H3/q+1. The molecule has 2 heterocycles. The van der Waals surface area contributed by atoms with Crippen molar-refractivity contribution >= 4 is 11.0 Å². The van der Waals surface area contributed by atoms with E-state index in [1.807, 2.05) is 41.8 Å². The van der Waals surface area contributed by atoms with Gasteiger partial charge in [0.25, 0.3) is 0 Å². The number of benzene rings is 2. The summed E-state index contributed by atoms with van der Waals surface area (Å²) in [6.07, 6.45) is 4.72. The van der Waals surface area contributed by atoms with Crippen molar-refractivity contribution < 1.29 is 13.5 Å². The third kappa shape index (κ3) is 2.31. The number of fused-ring (bicyclic) bond motifs is 5. The first kappa shape index (κ1) is 16.1. The highest BCUT2D eigenvalue weighted by Gasteiger charge is 2.30. The maximum absolute atomic E-state index is 13.9. The number of aromatic nitrogens is 3. The van der Waals surface area contributed by atoms with E-state index in [0.717, 1.165) is 33.3 Å². The first-order chi connectivity index (χ1) is 13.0. The second kappa shape index (κ2) is 5.71. The Hall–Kier alpha value is -3.08. The van der Waals surface area contributed by atoms with E-state index >= 15 is 0 Å². The molecule has 0 saturated heterocycles. The molecule has 1 unspecified atom stereocenters. The molecule has 0 amide bonds. The maximum atomic E-state index is 13.9. The van der Waals surface area contributed by atoms with Crippen LogP contribution >= 0.6 is 0 Å². The zero-order valence-corrected chi connectivity index (χ0v) is 15.1. The van der Waals surface area contributed by atoms with E-state index in [9.17, 15) is 8.78 Å². The predicted octanol–water partition coefficient (Wildman–Crippen LogP) is 4.03. The van der Waals surface area contributed by atoms with E-state index in [2.05, 4.69) is 23.3 Å². The summed E-state index contributed by atoms with van der Waals surface area (Å²) in [5.74, 6) is -1.65. The normalized spacial score (nSPS) is 15.6. The fourth-order valence-electron chi connectivity index (χ4n) is 4.22. The Morgan fingerprint density at radius 1 is 1.11 bits per heavy atom. The van der Waals surface area contributed by atoms with E-state index in [0.29, 0.717) is 6.42 Å². The van der Waals surface area contributed by atoms with Gasteiger partial charge in [-0.3, -0.25) is 0 Å². The molecule has 2 aromatic heterocycles. The van der Waals surface area contributed by atoms with Crippen LogP contribution in [-0.2, 0) is 20.5 Å². The van der Waals surface area contributed by atoms with E-state index in [-0.39, 0.29) is 5.92 Å². The lowest BCUT2D eigenvalue weighted by Gasteiger charge is -2.28. The Morgan fingerprint density at radius 2 is 1.93 bits per heavy atom. The molecule has 3 nitrogen and oxygen atoms in total. The number of hydrogen-bond acceptors (Lipinski definition) is 1. The molecular formula is C22H18F2N3+. The van der Waals surface area contributed by atoms with Gasteiger partial charge >= 0.3 is 0 Å². The Kier molecular flexibility index (Phi) is 3.41. The second-order valence-electron chi connectivity index (χ2n) is 7.14. The molecule has 0 fully saturated rings. The quantitative estimate of drug-likeness (QED) is 0.469. The topological polar surface area (TPSA) is 21.7 Å². The minimum absolute atomic E-state index is 0.0273. The zero-order valence-electron chi connectivity index (χ0n) is 15.1. The maximum Gasteiger partial charge on any atom is 0.205 e. The zero-order chi connectivity index (χ0) is 18.7. The van der Waals surface area contributed by atoms with Crippen LogP contribution in [0.1, 0.15) is 22.6 Å². The summed E-state index contributed by atoms with van der Waals surface area (Å²) < 4.78 is 31.3. The van der Waals surface area contributed by atoms with Crippen molar-refractivity contribution in [3.8, 4) is 11.1 Å². The molecule has 5 rings (SSSR count). The fourth-order valence-corrected chi connectivity index (χ4v) is 4.22. The molecule has 134 valence electrons. The smallest absolute Gasteiger partial charge is 0.205 e. The molecule has 1 atom stereocenters. The van der Waals surface area contributed by atoms with Crippen LogP contribution in [0, 0.1) is 11.6 Å². The van der Waals surface area contributed by atoms with Crippen LogP contribution in [0.15, 0.2) is 54.9 Å². The van der Waals surface area contributed by atoms with Crippen LogP contribution in [0.2, 0.25) is 0 Å². The minimum atomic E-state index is -0.816. The van der Waals surface area contributed by atoms with Crippen molar-refractivity contribution in [2.45, 2.75) is 12.3 Å². The average Bonchev–Trinajstić information content (AvgIpc) is 2.97. The molecule has 1 aliphatic rings. The lowest BCUT2D eigenvalue weighted by Crippen LogP contribution is -2.36. The Morgan fingerprint density at radius 3 is 2.74 bits per heavy atom. The van der Waals surface area contributed by atoms with Crippen LogP contribution < -0.4 is 4.68 Å². The van der Waals surface area contributed by atoms with E-state index in [4.69, 9.17) is 0 Å². The monoisotopic (exact) mass is 362 g/mol. The summed E-state index contributed by atoms with van der Waals surface area (Å²) in [5, 5.41) is 1.11. The SMILES string of the molecule is Cn1c2ncc3c(c2c[n+]1C)-c1ccccc1C(c1ccc(F)c(F)c1)C3. The van der Waals surface area contributed by atoms with Crippen LogP contribution in [0.3, 0.4) is 0 Å².